The quantitative estimate of drug-likeness (QED) is 0.746. The number of benzene rings is 1. The van der Waals surface area contributed by atoms with Gasteiger partial charge in [0.05, 0.1) is 10.1 Å². The predicted molar refractivity (Wildman–Crippen MR) is 96.3 cm³/mol. The van der Waals surface area contributed by atoms with Gasteiger partial charge in [-0.3, -0.25) is 9.59 Å². The predicted octanol–water partition coefficient (Wildman–Crippen LogP) is 4.13. The van der Waals surface area contributed by atoms with Crippen LogP contribution in [0.2, 0.25) is 4.34 Å². The van der Waals surface area contributed by atoms with Crippen molar-refractivity contribution < 1.29 is 14.3 Å². The van der Waals surface area contributed by atoms with Crippen LogP contribution < -0.4 is 5.32 Å². The van der Waals surface area contributed by atoms with Gasteiger partial charge in [-0.1, -0.05) is 23.7 Å². The van der Waals surface area contributed by atoms with Crippen molar-refractivity contribution >= 4 is 52.3 Å². The number of thiophene rings is 1. The summed E-state index contributed by atoms with van der Waals surface area (Å²) in [7, 11) is 0. The summed E-state index contributed by atoms with van der Waals surface area (Å²) in [5.74, 6) is 0.144. The van der Waals surface area contributed by atoms with Crippen molar-refractivity contribution in [1.29, 1.82) is 0 Å². The monoisotopic (exact) mass is 369 g/mol. The van der Waals surface area contributed by atoms with Gasteiger partial charge in [0.2, 0.25) is 0 Å². The molecule has 1 aromatic heterocycles. The molecule has 0 saturated carbocycles. The molecule has 0 unspecified atom stereocenters. The molecule has 1 aromatic carbocycles. The molecule has 0 saturated heterocycles. The fourth-order valence-corrected chi connectivity index (χ4v) is 3.79. The normalized spacial score (nSPS) is 10.3. The highest BCUT2D eigenvalue weighted by Gasteiger charge is 2.09. The Labute approximate surface area is 148 Å². The second kappa shape index (κ2) is 8.96. The largest absolute Gasteiger partial charge is 0.455 e. The second-order valence-corrected chi connectivity index (χ2v) is 7.56. The number of ether oxygens (including phenoxy) is 1. The SMILES string of the molecule is Cc1cccc(NC(=O)COC(=O)CSCc2ccc(Cl)s2)c1. The van der Waals surface area contributed by atoms with E-state index in [1.54, 1.807) is 6.07 Å². The molecule has 0 atom stereocenters. The molecule has 2 aromatic rings. The summed E-state index contributed by atoms with van der Waals surface area (Å²) in [6.45, 7) is 1.66. The Morgan fingerprint density at radius 2 is 2.13 bits per heavy atom. The highest BCUT2D eigenvalue weighted by atomic mass is 35.5. The maximum atomic E-state index is 11.7. The van der Waals surface area contributed by atoms with Crippen LogP contribution in [-0.4, -0.2) is 24.2 Å². The van der Waals surface area contributed by atoms with Crippen LogP contribution >= 0.6 is 34.7 Å². The lowest BCUT2D eigenvalue weighted by Gasteiger charge is -2.07. The topological polar surface area (TPSA) is 55.4 Å². The number of hydrogen-bond donors (Lipinski definition) is 1. The number of hydrogen-bond acceptors (Lipinski definition) is 5. The zero-order valence-electron chi connectivity index (χ0n) is 12.5. The van der Waals surface area contributed by atoms with Crippen LogP contribution in [0.1, 0.15) is 10.4 Å². The third kappa shape index (κ3) is 6.64. The van der Waals surface area contributed by atoms with Crippen LogP contribution in [0.3, 0.4) is 0 Å². The smallest absolute Gasteiger partial charge is 0.316 e. The first-order chi connectivity index (χ1) is 11.0. The van der Waals surface area contributed by atoms with Crippen LogP contribution in [0.15, 0.2) is 36.4 Å². The van der Waals surface area contributed by atoms with E-state index in [1.165, 1.54) is 23.1 Å². The van der Waals surface area contributed by atoms with Crippen LogP contribution in [-0.2, 0) is 20.1 Å². The number of halogens is 1. The van der Waals surface area contributed by atoms with Gasteiger partial charge in [-0.25, -0.2) is 0 Å². The number of rotatable bonds is 7. The zero-order valence-corrected chi connectivity index (χ0v) is 14.9. The molecule has 122 valence electrons. The minimum atomic E-state index is -0.406. The molecule has 7 heteroatoms. The fourth-order valence-electron chi connectivity index (χ4n) is 1.77. The molecule has 0 spiro atoms. The van der Waals surface area contributed by atoms with E-state index < -0.39 is 5.97 Å². The summed E-state index contributed by atoms with van der Waals surface area (Å²) < 4.78 is 5.69. The summed E-state index contributed by atoms with van der Waals surface area (Å²) in [6, 6.07) is 11.2. The molecule has 2 rings (SSSR count). The Bertz CT molecular complexity index is 687. The van der Waals surface area contributed by atoms with Gasteiger partial charge in [-0.05, 0) is 36.8 Å². The number of carbonyl (C=O) groups excluding carboxylic acids is 2. The maximum Gasteiger partial charge on any atom is 0.316 e. The molecule has 1 heterocycles. The van der Waals surface area contributed by atoms with Crippen molar-refractivity contribution in [2.45, 2.75) is 12.7 Å². The summed E-state index contributed by atoms with van der Waals surface area (Å²) in [4.78, 5) is 24.4. The molecule has 23 heavy (non-hydrogen) atoms. The lowest BCUT2D eigenvalue weighted by atomic mass is 10.2. The Morgan fingerprint density at radius 3 is 2.83 bits per heavy atom. The molecule has 0 aliphatic rings. The number of esters is 1. The second-order valence-electron chi connectivity index (χ2n) is 4.78. The lowest BCUT2D eigenvalue weighted by Crippen LogP contribution is -2.21. The minimum Gasteiger partial charge on any atom is -0.455 e. The first-order valence-corrected chi connectivity index (χ1v) is 9.22. The molecule has 1 amide bonds. The summed E-state index contributed by atoms with van der Waals surface area (Å²) in [6.07, 6.45) is 0. The van der Waals surface area contributed by atoms with Gasteiger partial charge in [0, 0.05) is 16.3 Å². The van der Waals surface area contributed by atoms with E-state index in [4.69, 9.17) is 16.3 Å². The number of nitrogens with one attached hydrogen (secondary N) is 1. The van der Waals surface area contributed by atoms with Crippen molar-refractivity contribution in [2.24, 2.45) is 0 Å². The summed E-state index contributed by atoms with van der Waals surface area (Å²) >= 11 is 8.76. The Kier molecular flexibility index (Phi) is 6.95. The van der Waals surface area contributed by atoms with Gasteiger partial charge in [-0.15, -0.1) is 23.1 Å². The van der Waals surface area contributed by atoms with Gasteiger partial charge in [-0.2, -0.15) is 0 Å². The van der Waals surface area contributed by atoms with Gasteiger partial charge in [0.1, 0.15) is 0 Å². The molecular weight excluding hydrogens is 354 g/mol. The number of amides is 1. The van der Waals surface area contributed by atoms with E-state index in [-0.39, 0.29) is 18.3 Å². The molecule has 0 radical (unpaired) electrons. The van der Waals surface area contributed by atoms with E-state index in [2.05, 4.69) is 5.32 Å². The first-order valence-electron chi connectivity index (χ1n) is 6.87. The summed E-state index contributed by atoms with van der Waals surface area (Å²) in [5, 5.41) is 2.69. The first kappa shape index (κ1) is 17.8. The zero-order chi connectivity index (χ0) is 16.7. The van der Waals surface area contributed by atoms with Gasteiger partial charge >= 0.3 is 5.97 Å². The third-order valence-electron chi connectivity index (χ3n) is 2.76. The van der Waals surface area contributed by atoms with Crippen molar-refractivity contribution in [2.75, 3.05) is 17.7 Å². The number of thioether (sulfide) groups is 1. The number of carbonyl (C=O) groups is 2. The van der Waals surface area contributed by atoms with Crippen LogP contribution in [0.5, 0.6) is 0 Å². The van der Waals surface area contributed by atoms with Crippen LogP contribution in [0.25, 0.3) is 0 Å². The molecule has 0 fully saturated rings. The Morgan fingerprint density at radius 1 is 1.30 bits per heavy atom. The molecule has 0 aliphatic heterocycles. The highest BCUT2D eigenvalue weighted by Crippen LogP contribution is 2.25. The number of aryl methyl sites for hydroxylation is 1. The molecule has 1 N–H and O–H groups in total. The molecule has 4 nitrogen and oxygen atoms in total. The Balaban J connectivity index is 1.64. The van der Waals surface area contributed by atoms with Crippen molar-refractivity contribution in [1.82, 2.24) is 0 Å². The molecular formula is C16H16ClNO3S2. The third-order valence-corrected chi connectivity index (χ3v) is 5.13. The molecule has 0 aliphatic carbocycles. The van der Waals surface area contributed by atoms with Gasteiger partial charge in [0.15, 0.2) is 6.61 Å². The average molecular weight is 370 g/mol. The fraction of sp³-hybridized carbons (Fsp3) is 0.250. The van der Waals surface area contributed by atoms with Crippen molar-refractivity contribution in [3.05, 3.63) is 51.2 Å². The van der Waals surface area contributed by atoms with E-state index in [1.807, 2.05) is 37.3 Å². The number of anilines is 1. The summed E-state index contributed by atoms with van der Waals surface area (Å²) in [5.41, 5.74) is 1.74. The van der Waals surface area contributed by atoms with E-state index in [9.17, 15) is 9.59 Å². The Hall–Kier alpha value is -1.50. The van der Waals surface area contributed by atoms with Crippen molar-refractivity contribution in [3.63, 3.8) is 0 Å². The highest BCUT2D eigenvalue weighted by molar-refractivity contribution is 7.99. The standard InChI is InChI=1S/C16H16ClNO3S2/c1-11-3-2-4-12(7-11)18-15(19)8-21-16(20)10-22-9-13-5-6-14(17)23-13/h2-7H,8-10H2,1H3,(H,18,19). The van der Waals surface area contributed by atoms with Crippen molar-refractivity contribution in [3.8, 4) is 0 Å². The van der Waals surface area contributed by atoms with Crippen LogP contribution in [0, 0.1) is 6.92 Å². The van der Waals surface area contributed by atoms with E-state index in [0.29, 0.717) is 11.4 Å². The minimum absolute atomic E-state index is 0.202. The average Bonchev–Trinajstić information content (AvgIpc) is 2.91. The molecule has 0 bridgehead atoms. The van der Waals surface area contributed by atoms with E-state index >= 15 is 0 Å². The van der Waals surface area contributed by atoms with Gasteiger partial charge < -0.3 is 10.1 Å². The van der Waals surface area contributed by atoms with Gasteiger partial charge in [0.25, 0.3) is 5.91 Å². The maximum absolute atomic E-state index is 11.7. The lowest BCUT2D eigenvalue weighted by molar-refractivity contribution is -0.144. The van der Waals surface area contributed by atoms with Crippen LogP contribution in [0.4, 0.5) is 5.69 Å². The van der Waals surface area contributed by atoms with E-state index in [0.717, 1.165) is 14.8 Å².